The molecule has 0 bridgehead atoms. The molecule has 0 aromatic rings. The second kappa shape index (κ2) is 4.61. The summed E-state index contributed by atoms with van der Waals surface area (Å²) in [4.78, 5) is 0. The van der Waals surface area contributed by atoms with E-state index in [4.69, 9.17) is 5.11 Å². The van der Waals surface area contributed by atoms with Crippen LogP contribution in [0.3, 0.4) is 0 Å². The molecule has 0 spiro atoms. The van der Waals surface area contributed by atoms with Crippen molar-refractivity contribution in [1.29, 1.82) is 0 Å². The summed E-state index contributed by atoms with van der Waals surface area (Å²) in [5.74, 6) is 0.263. The van der Waals surface area contributed by atoms with Crippen LogP contribution in [0.25, 0.3) is 0 Å². The molecular formula is C9H15NO. The highest BCUT2D eigenvalue weighted by molar-refractivity contribution is 5.29. The van der Waals surface area contributed by atoms with Gasteiger partial charge in [0.1, 0.15) is 5.76 Å². The highest BCUT2D eigenvalue weighted by Crippen LogP contribution is 2.05. The van der Waals surface area contributed by atoms with Gasteiger partial charge in [-0.25, -0.2) is 0 Å². The third-order valence-corrected chi connectivity index (χ3v) is 1.44. The van der Waals surface area contributed by atoms with E-state index in [1.165, 1.54) is 0 Å². The molecule has 0 radical (unpaired) electrons. The average molecular weight is 153 g/mol. The molecule has 0 aromatic carbocycles. The molecule has 0 aromatic heterocycles. The summed E-state index contributed by atoms with van der Waals surface area (Å²) in [6.07, 6.45) is 3.30. The topological polar surface area (TPSA) is 32.3 Å². The van der Waals surface area contributed by atoms with Gasteiger partial charge in [0.2, 0.25) is 0 Å². The lowest BCUT2D eigenvalue weighted by Crippen LogP contribution is -2.04. The fourth-order valence-corrected chi connectivity index (χ4v) is 0.589. The zero-order valence-electron chi connectivity index (χ0n) is 7.31. The Hall–Kier alpha value is -1.18. The largest absolute Gasteiger partial charge is 0.508 e. The van der Waals surface area contributed by atoms with Crippen molar-refractivity contribution in [3.05, 3.63) is 35.8 Å². The molecule has 0 aliphatic carbocycles. The molecule has 2 nitrogen and oxygen atoms in total. The third-order valence-electron chi connectivity index (χ3n) is 1.44. The number of rotatable bonds is 3. The number of hydrogen-bond acceptors (Lipinski definition) is 2. The highest BCUT2D eigenvalue weighted by atomic mass is 16.3. The minimum absolute atomic E-state index is 0.263. The fraction of sp³-hybridized carbons (Fsp3) is 0.333. The van der Waals surface area contributed by atoms with E-state index in [-0.39, 0.29) is 5.76 Å². The minimum Gasteiger partial charge on any atom is -0.508 e. The number of aliphatic hydroxyl groups excluding tert-OH is 1. The number of likely N-dealkylation sites (N-methyl/N-ethyl adjacent to an activating group) is 1. The van der Waals surface area contributed by atoms with Crippen LogP contribution in [0.2, 0.25) is 0 Å². The number of nitrogens with one attached hydrogen (secondary N) is 1. The van der Waals surface area contributed by atoms with Crippen molar-refractivity contribution in [1.82, 2.24) is 5.32 Å². The SMILES string of the molecule is C=C(NC)/C(C)=C\C(O)=C/C. The van der Waals surface area contributed by atoms with Crippen molar-refractivity contribution in [3.8, 4) is 0 Å². The normalized spacial score (nSPS) is 13.0. The van der Waals surface area contributed by atoms with Gasteiger partial charge < -0.3 is 10.4 Å². The van der Waals surface area contributed by atoms with Gasteiger partial charge >= 0.3 is 0 Å². The Labute approximate surface area is 67.9 Å². The first-order valence-corrected chi connectivity index (χ1v) is 3.52. The van der Waals surface area contributed by atoms with Gasteiger partial charge in [0.15, 0.2) is 0 Å². The van der Waals surface area contributed by atoms with E-state index < -0.39 is 0 Å². The van der Waals surface area contributed by atoms with Crippen molar-refractivity contribution in [3.63, 3.8) is 0 Å². The number of hydrogen-bond donors (Lipinski definition) is 2. The van der Waals surface area contributed by atoms with Crippen LogP contribution in [0.1, 0.15) is 13.8 Å². The first-order valence-electron chi connectivity index (χ1n) is 3.52. The number of allylic oxidation sites excluding steroid dienone is 3. The van der Waals surface area contributed by atoms with Gasteiger partial charge in [-0.3, -0.25) is 0 Å². The summed E-state index contributed by atoms with van der Waals surface area (Å²) >= 11 is 0. The summed E-state index contributed by atoms with van der Waals surface area (Å²) in [6.45, 7) is 7.41. The zero-order valence-corrected chi connectivity index (χ0v) is 7.31. The highest BCUT2D eigenvalue weighted by Gasteiger charge is 1.93. The van der Waals surface area contributed by atoms with Crippen LogP contribution in [-0.4, -0.2) is 12.2 Å². The van der Waals surface area contributed by atoms with Crippen molar-refractivity contribution in [2.24, 2.45) is 0 Å². The molecule has 2 heteroatoms. The van der Waals surface area contributed by atoms with Gasteiger partial charge in [0.05, 0.1) is 0 Å². The fourth-order valence-electron chi connectivity index (χ4n) is 0.589. The molecule has 0 aliphatic heterocycles. The van der Waals surface area contributed by atoms with E-state index in [0.29, 0.717) is 0 Å². The van der Waals surface area contributed by atoms with Crippen molar-refractivity contribution >= 4 is 0 Å². The van der Waals surface area contributed by atoms with Gasteiger partial charge in [-0.1, -0.05) is 6.58 Å². The van der Waals surface area contributed by atoms with E-state index in [1.54, 1.807) is 26.1 Å². The molecule has 11 heavy (non-hydrogen) atoms. The predicted molar refractivity (Wildman–Crippen MR) is 48.3 cm³/mol. The lowest BCUT2D eigenvalue weighted by atomic mass is 10.2. The molecule has 0 saturated heterocycles. The molecule has 0 heterocycles. The van der Waals surface area contributed by atoms with Gasteiger partial charge in [0, 0.05) is 12.7 Å². The summed E-state index contributed by atoms with van der Waals surface area (Å²) in [5, 5.41) is 12.0. The molecule has 0 saturated carbocycles. The van der Waals surface area contributed by atoms with Gasteiger partial charge in [-0.05, 0) is 31.6 Å². The standard InChI is InChI=1S/C9H15NO/c1-5-9(11)6-7(2)8(3)10-4/h5-6,10-11H,3H2,1-2,4H3/b7-6-,9-5+. The Morgan fingerprint density at radius 2 is 2.09 bits per heavy atom. The van der Waals surface area contributed by atoms with Crippen LogP contribution in [0, 0.1) is 0 Å². The number of aliphatic hydroxyl groups is 1. The van der Waals surface area contributed by atoms with Gasteiger partial charge in [0.25, 0.3) is 0 Å². The molecule has 0 unspecified atom stereocenters. The molecule has 0 rings (SSSR count). The van der Waals surface area contributed by atoms with Crippen LogP contribution in [0.4, 0.5) is 0 Å². The van der Waals surface area contributed by atoms with Crippen molar-refractivity contribution < 1.29 is 5.11 Å². The van der Waals surface area contributed by atoms with E-state index in [9.17, 15) is 0 Å². The third kappa shape index (κ3) is 3.50. The molecule has 0 amide bonds. The van der Waals surface area contributed by atoms with Crippen molar-refractivity contribution in [2.45, 2.75) is 13.8 Å². The van der Waals surface area contributed by atoms with Crippen LogP contribution >= 0.6 is 0 Å². The van der Waals surface area contributed by atoms with Crippen LogP contribution in [0.15, 0.2) is 35.8 Å². The second-order valence-corrected chi connectivity index (χ2v) is 2.27. The first kappa shape index (κ1) is 9.82. The van der Waals surface area contributed by atoms with Crippen molar-refractivity contribution in [2.75, 3.05) is 7.05 Å². The van der Waals surface area contributed by atoms with Crippen LogP contribution < -0.4 is 5.32 Å². The summed E-state index contributed by atoms with van der Waals surface area (Å²) in [5.41, 5.74) is 1.75. The van der Waals surface area contributed by atoms with Gasteiger partial charge in [-0.15, -0.1) is 0 Å². The molecule has 2 N–H and O–H groups in total. The summed E-state index contributed by atoms with van der Waals surface area (Å²) < 4.78 is 0. The van der Waals surface area contributed by atoms with E-state index in [2.05, 4.69) is 11.9 Å². The maximum absolute atomic E-state index is 9.09. The Morgan fingerprint density at radius 3 is 2.45 bits per heavy atom. The Balaban J connectivity index is 4.34. The smallest absolute Gasteiger partial charge is 0.111 e. The Bertz CT molecular complexity index is 202. The molecular weight excluding hydrogens is 138 g/mol. The molecule has 0 atom stereocenters. The second-order valence-electron chi connectivity index (χ2n) is 2.27. The van der Waals surface area contributed by atoms with Gasteiger partial charge in [-0.2, -0.15) is 0 Å². The van der Waals surface area contributed by atoms with E-state index in [0.717, 1.165) is 11.3 Å². The minimum atomic E-state index is 0.263. The van der Waals surface area contributed by atoms with Crippen LogP contribution in [0.5, 0.6) is 0 Å². The Kier molecular flexibility index (Phi) is 4.11. The maximum atomic E-state index is 9.09. The summed E-state index contributed by atoms with van der Waals surface area (Å²) in [6, 6.07) is 0. The van der Waals surface area contributed by atoms with Crippen LogP contribution in [-0.2, 0) is 0 Å². The zero-order chi connectivity index (χ0) is 8.85. The maximum Gasteiger partial charge on any atom is 0.111 e. The van der Waals surface area contributed by atoms with E-state index >= 15 is 0 Å². The molecule has 0 fully saturated rings. The average Bonchev–Trinajstić information content (AvgIpc) is 2.02. The van der Waals surface area contributed by atoms with E-state index in [1.807, 2.05) is 6.92 Å². The quantitative estimate of drug-likeness (QED) is 0.481. The predicted octanol–water partition coefficient (Wildman–Crippen LogP) is 2.13. The molecule has 62 valence electrons. The lowest BCUT2D eigenvalue weighted by molar-refractivity contribution is 0.430. The lowest BCUT2D eigenvalue weighted by Gasteiger charge is -2.03. The molecule has 0 aliphatic rings. The monoisotopic (exact) mass is 153 g/mol. The Morgan fingerprint density at radius 1 is 1.55 bits per heavy atom. The first-order chi connectivity index (χ1) is 5.11. The summed E-state index contributed by atoms with van der Waals surface area (Å²) in [7, 11) is 1.80.